The smallest absolute Gasteiger partial charge is 0.273 e. The standard InChI is InChI=1S/C26H30N6O2S2/c1-19-9-5-6-14-31(19)15-8-13-27-25(33)21-17-34-23(28-21)18-36-26-30-29-24(22-12-7-16-35-22)32(26)20-10-3-2-4-11-20/h2-4,7,10-12,16-17,19H,5-6,8-9,13-15,18H2,1H3,(H,27,33). The highest BCUT2D eigenvalue weighted by atomic mass is 32.2. The largest absolute Gasteiger partial charge is 0.447 e. The summed E-state index contributed by atoms with van der Waals surface area (Å²) in [5.74, 6) is 1.52. The number of aromatic nitrogens is 4. The lowest BCUT2D eigenvalue weighted by Crippen LogP contribution is -2.39. The van der Waals surface area contributed by atoms with Gasteiger partial charge in [-0.2, -0.15) is 0 Å². The van der Waals surface area contributed by atoms with Gasteiger partial charge >= 0.3 is 0 Å². The number of hydrogen-bond acceptors (Lipinski definition) is 8. The number of thioether (sulfide) groups is 1. The van der Waals surface area contributed by atoms with Crippen molar-refractivity contribution in [3.05, 3.63) is 65.7 Å². The highest BCUT2D eigenvalue weighted by Crippen LogP contribution is 2.31. The van der Waals surface area contributed by atoms with Gasteiger partial charge in [-0.1, -0.05) is 42.4 Å². The number of benzene rings is 1. The van der Waals surface area contributed by atoms with Crippen LogP contribution in [0.5, 0.6) is 0 Å². The molecule has 3 aromatic heterocycles. The molecule has 1 aliphatic heterocycles. The Morgan fingerprint density at radius 2 is 2.08 bits per heavy atom. The predicted molar refractivity (Wildman–Crippen MR) is 143 cm³/mol. The average molecular weight is 523 g/mol. The second-order valence-electron chi connectivity index (χ2n) is 8.86. The molecule has 36 heavy (non-hydrogen) atoms. The molecular weight excluding hydrogens is 492 g/mol. The summed E-state index contributed by atoms with van der Waals surface area (Å²) in [7, 11) is 0. The molecule has 0 spiro atoms. The number of carbonyl (C=O) groups is 1. The molecule has 4 heterocycles. The van der Waals surface area contributed by atoms with Gasteiger partial charge in [0, 0.05) is 24.8 Å². The van der Waals surface area contributed by atoms with Crippen LogP contribution in [0.3, 0.4) is 0 Å². The van der Waals surface area contributed by atoms with E-state index in [2.05, 4.69) is 32.3 Å². The molecule has 1 N–H and O–H groups in total. The van der Waals surface area contributed by atoms with Crippen LogP contribution in [-0.4, -0.2) is 56.2 Å². The molecule has 1 amide bonds. The van der Waals surface area contributed by atoms with Crippen LogP contribution in [0.2, 0.25) is 0 Å². The van der Waals surface area contributed by atoms with Gasteiger partial charge < -0.3 is 14.6 Å². The molecule has 1 atom stereocenters. The number of nitrogens with zero attached hydrogens (tertiary/aromatic N) is 5. The van der Waals surface area contributed by atoms with Crippen molar-refractivity contribution >= 4 is 29.0 Å². The molecule has 0 radical (unpaired) electrons. The molecule has 1 unspecified atom stereocenters. The van der Waals surface area contributed by atoms with Gasteiger partial charge in [0.1, 0.15) is 6.26 Å². The lowest BCUT2D eigenvalue weighted by atomic mass is 10.0. The number of oxazole rings is 1. The summed E-state index contributed by atoms with van der Waals surface area (Å²) >= 11 is 3.10. The van der Waals surface area contributed by atoms with Crippen molar-refractivity contribution in [1.29, 1.82) is 0 Å². The summed E-state index contributed by atoms with van der Waals surface area (Å²) in [6.45, 7) is 5.09. The highest BCUT2D eigenvalue weighted by molar-refractivity contribution is 7.98. The zero-order valence-corrected chi connectivity index (χ0v) is 21.9. The summed E-state index contributed by atoms with van der Waals surface area (Å²) in [5.41, 5.74) is 1.29. The fourth-order valence-corrected chi connectivity index (χ4v) is 5.91. The third-order valence-electron chi connectivity index (χ3n) is 6.35. The summed E-state index contributed by atoms with van der Waals surface area (Å²) < 4.78 is 7.63. The molecule has 1 aliphatic rings. The fourth-order valence-electron chi connectivity index (χ4n) is 4.41. The molecule has 5 rings (SSSR count). The third-order valence-corrected chi connectivity index (χ3v) is 8.13. The molecule has 0 saturated carbocycles. The number of hydrogen-bond donors (Lipinski definition) is 1. The molecule has 188 valence electrons. The van der Waals surface area contributed by atoms with Gasteiger partial charge in [0.2, 0.25) is 5.89 Å². The van der Waals surface area contributed by atoms with Crippen molar-refractivity contribution in [2.75, 3.05) is 19.6 Å². The van der Waals surface area contributed by atoms with Gasteiger partial charge in [-0.25, -0.2) is 4.98 Å². The van der Waals surface area contributed by atoms with Crippen molar-refractivity contribution in [1.82, 2.24) is 30.0 Å². The van der Waals surface area contributed by atoms with E-state index in [-0.39, 0.29) is 5.91 Å². The van der Waals surface area contributed by atoms with Gasteiger partial charge in [0.25, 0.3) is 5.91 Å². The molecule has 0 bridgehead atoms. The van der Waals surface area contributed by atoms with Crippen LogP contribution in [-0.2, 0) is 5.75 Å². The van der Waals surface area contributed by atoms with Gasteiger partial charge in [-0.05, 0) is 56.3 Å². The van der Waals surface area contributed by atoms with E-state index in [1.165, 1.54) is 37.3 Å². The van der Waals surface area contributed by atoms with Crippen LogP contribution in [0.25, 0.3) is 16.4 Å². The number of rotatable bonds is 10. The van der Waals surface area contributed by atoms with Crippen LogP contribution in [0.4, 0.5) is 0 Å². The van der Waals surface area contributed by atoms with Crippen molar-refractivity contribution < 1.29 is 9.21 Å². The number of piperidine rings is 1. The Morgan fingerprint density at radius 3 is 2.89 bits per heavy atom. The van der Waals surface area contributed by atoms with Crippen molar-refractivity contribution in [2.45, 2.75) is 49.6 Å². The van der Waals surface area contributed by atoms with E-state index in [1.807, 2.05) is 52.4 Å². The summed E-state index contributed by atoms with van der Waals surface area (Å²) in [6, 6.07) is 14.7. The molecule has 4 aromatic rings. The summed E-state index contributed by atoms with van der Waals surface area (Å²) in [4.78, 5) is 20.5. The second-order valence-corrected chi connectivity index (χ2v) is 10.8. The molecule has 0 aliphatic carbocycles. The first-order chi connectivity index (χ1) is 17.7. The maximum absolute atomic E-state index is 12.5. The first-order valence-corrected chi connectivity index (χ1v) is 14.2. The zero-order chi connectivity index (χ0) is 24.7. The number of para-hydroxylation sites is 1. The molecule has 10 heteroatoms. The topological polar surface area (TPSA) is 89.1 Å². The number of likely N-dealkylation sites (tertiary alicyclic amines) is 1. The van der Waals surface area contributed by atoms with Crippen LogP contribution in [0.1, 0.15) is 49.0 Å². The maximum Gasteiger partial charge on any atom is 0.273 e. The van der Waals surface area contributed by atoms with Crippen LogP contribution in [0.15, 0.2) is 63.7 Å². The summed E-state index contributed by atoms with van der Waals surface area (Å²) in [6.07, 6.45) is 6.22. The van der Waals surface area contributed by atoms with Crippen molar-refractivity contribution in [2.24, 2.45) is 0 Å². The van der Waals surface area contributed by atoms with Gasteiger partial charge in [0.05, 0.1) is 10.6 Å². The zero-order valence-electron chi connectivity index (χ0n) is 20.3. The lowest BCUT2D eigenvalue weighted by Gasteiger charge is -2.33. The quantitative estimate of drug-likeness (QED) is 0.224. The van der Waals surface area contributed by atoms with Crippen LogP contribution < -0.4 is 5.32 Å². The van der Waals surface area contributed by atoms with Gasteiger partial charge in [-0.3, -0.25) is 9.36 Å². The number of thiophene rings is 1. The van der Waals surface area contributed by atoms with Crippen LogP contribution >= 0.6 is 23.1 Å². The van der Waals surface area contributed by atoms with E-state index in [0.29, 0.717) is 29.9 Å². The number of amides is 1. The minimum atomic E-state index is -0.200. The monoisotopic (exact) mass is 522 g/mol. The van der Waals surface area contributed by atoms with Gasteiger partial charge in [0.15, 0.2) is 16.7 Å². The number of nitrogens with one attached hydrogen (secondary N) is 1. The second kappa shape index (κ2) is 11.9. The minimum Gasteiger partial charge on any atom is -0.447 e. The lowest BCUT2D eigenvalue weighted by molar-refractivity contribution is 0.0944. The molecule has 1 fully saturated rings. The molecule has 1 aromatic carbocycles. The van der Waals surface area contributed by atoms with Crippen LogP contribution in [0, 0.1) is 0 Å². The Bertz CT molecular complexity index is 1250. The summed E-state index contributed by atoms with van der Waals surface area (Å²) in [5, 5.41) is 14.6. The Balaban J connectivity index is 1.18. The Labute approximate surface area is 219 Å². The third kappa shape index (κ3) is 5.88. The minimum absolute atomic E-state index is 0.200. The molecular formula is C26H30N6O2S2. The maximum atomic E-state index is 12.5. The predicted octanol–water partition coefficient (Wildman–Crippen LogP) is 5.27. The van der Waals surface area contributed by atoms with Gasteiger partial charge in [-0.15, -0.1) is 21.5 Å². The first kappa shape index (κ1) is 24.7. The Hall–Kier alpha value is -2.95. The fraction of sp³-hybridized carbons (Fsp3) is 0.385. The van der Waals surface area contributed by atoms with E-state index >= 15 is 0 Å². The average Bonchev–Trinajstić information content (AvgIpc) is 3.67. The van der Waals surface area contributed by atoms with Crippen molar-refractivity contribution in [3.8, 4) is 16.4 Å². The molecule has 1 saturated heterocycles. The van der Waals surface area contributed by atoms with E-state index in [4.69, 9.17) is 4.42 Å². The first-order valence-electron chi connectivity index (χ1n) is 12.3. The number of carbonyl (C=O) groups excluding carboxylic acids is 1. The Kier molecular flexibility index (Phi) is 8.15. The van der Waals surface area contributed by atoms with E-state index in [1.54, 1.807) is 11.3 Å². The highest BCUT2D eigenvalue weighted by Gasteiger charge is 2.20. The Morgan fingerprint density at radius 1 is 1.19 bits per heavy atom. The molecule has 8 nitrogen and oxygen atoms in total. The van der Waals surface area contributed by atoms with E-state index in [0.717, 1.165) is 41.1 Å². The normalized spacial score (nSPS) is 16.3. The van der Waals surface area contributed by atoms with E-state index < -0.39 is 0 Å². The van der Waals surface area contributed by atoms with Crippen molar-refractivity contribution in [3.63, 3.8) is 0 Å². The van der Waals surface area contributed by atoms with E-state index in [9.17, 15) is 4.79 Å². The SMILES string of the molecule is CC1CCCCN1CCCNC(=O)c1coc(CSc2nnc(-c3cccs3)n2-c2ccccc2)n1.